The topological polar surface area (TPSA) is 67.2 Å². The Hall–Kier alpha value is -1.36. The van der Waals surface area contributed by atoms with Crippen molar-refractivity contribution in [1.29, 1.82) is 0 Å². The number of nitrogens with zero attached hydrogens (tertiary/aromatic N) is 3. The van der Waals surface area contributed by atoms with Crippen molar-refractivity contribution in [3.05, 3.63) is 12.4 Å². The van der Waals surface area contributed by atoms with Crippen LogP contribution in [0.3, 0.4) is 0 Å². The van der Waals surface area contributed by atoms with Gasteiger partial charge in [-0.3, -0.25) is 4.68 Å². The molecule has 1 aromatic heterocycles. The Bertz CT molecular complexity index is 557. The molecule has 0 saturated carbocycles. The van der Waals surface area contributed by atoms with E-state index in [4.69, 9.17) is 6.42 Å². The molecule has 0 unspecified atom stereocenters. The third-order valence-electron chi connectivity index (χ3n) is 2.75. The Kier molecular flexibility index (Phi) is 6.20. The zero-order valence-corrected chi connectivity index (χ0v) is 13.0. The van der Waals surface area contributed by atoms with Crippen LogP contribution < -0.4 is 5.32 Å². The van der Waals surface area contributed by atoms with Gasteiger partial charge in [-0.1, -0.05) is 19.8 Å². The van der Waals surface area contributed by atoms with E-state index < -0.39 is 10.0 Å². The van der Waals surface area contributed by atoms with Crippen molar-refractivity contribution in [1.82, 2.24) is 19.4 Å². The van der Waals surface area contributed by atoms with Crippen LogP contribution in [0.5, 0.6) is 0 Å². The first-order valence-electron chi connectivity index (χ1n) is 6.53. The van der Waals surface area contributed by atoms with Gasteiger partial charge in [0.15, 0.2) is 0 Å². The maximum absolute atomic E-state index is 12.1. The highest BCUT2D eigenvalue weighted by atomic mass is 32.2. The first-order valence-corrected chi connectivity index (χ1v) is 7.97. The molecule has 7 heteroatoms. The van der Waals surface area contributed by atoms with E-state index >= 15 is 0 Å². The summed E-state index contributed by atoms with van der Waals surface area (Å²) in [4.78, 5) is 0.173. The minimum absolute atomic E-state index is 0.0474. The zero-order valence-electron chi connectivity index (χ0n) is 12.2. The van der Waals surface area contributed by atoms with Gasteiger partial charge in [0.2, 0.25) is 10.0 Å². The lowest BCUT2D eigenvalue weighted by atomic mass is 10.3. The van der Waals surface area contributed by atoms with Gasteiger partial charge in [0, 0.05) is 25.8 Å². The maximum Gasteiger partial charge on any atom is 0.246 e. The van der Waals surface area contributed by atoms with Gasteiger partial charge in [-0.25, -0.2) is 8.42 Å². The molecule has 0 amide bonds. The lowest BCUT2D eigenvalue weighted by Crippen LogP contribution is -2.27. The smallest absolute Gasteiger partial charge is 0.246 e. The fourth-order valence-corrected chi connectivity index (χ4v) is 2.66. The second kappa shape index (κ2) is 7.43. The monoisotopic (exact) mass is 298 g/mol. The molecule has 0 fully saturated rings. The van der Waals surface area contributed by atoms with Crippen LogP contribution in [0.15, 0.2) is 17.3 Å². The summed E-state index contributed by atoms with van der Waals surface area (Å²) in [5.41, 5.74) is 0. The quantitative estimate of drug-likeness (QED) is 0.561. The van der Waals surface area contributed by atoms with Gasteiger partial charge < -0.3 is 5.32 Å². The van der Waals surface area contributed by atoms with E-state index in [-0.39, 0.29) is 11.4 Å². The molecule has 0 spiro atoms. The Balaban J connectivity index is 2.61. The van der Waals surface area contributed by atoms with E-state index in [0.717, 1.165) is 17.3 Å². The first kappa shape index (κ1) is 16.7. The minimum atomic E-state index is -3.53. The molecule has 1 aromatic rings. The molecular weight excluding hydrogens is 276 g/mol. The van der Waals surface area contributed by atoms with Gasteiger partial charge in [0.05, 0.1) is 12.7 Å². The Labute approximate surface area is 121 Å². The summed E-state index contributed by atoms with van der Waals surface area (Å²) in [5.74, 6) is 2.31. The summed E-state index contributed by atoms with van der Waals surface area (Å²) in [6.45, 7) is 5.76. The molecule has 1 N–H and O–H groups in total. The lowest BCUT2D eigenvalue weighted by molar-refractivity contribution is 0.501. The number of terminal acetylenes is 1. The summed E-state index contributed by atoms with van der Waals surface area (Å²) >= 11 is 0. The van der Waals surface area contributed by atoms with Crippen LogP contribution in [0.4, 0.5) is 0 Å². The van der Waals surface area contributed by atoms with E-state index in [1.165, 1.54) is 19.4 Å². The second-order valence-corrected chi connectivity index (χ2v) is 6.91. The van der Waals surface area contributed by atoms with Gasteiger partial charge in [-0.2, -0.15) is 9.40 Å². The van der Waals surface area contributed by atoms with E-state index in [2.05, 4.69) is 30.2 Å². The summed E-state index contributed by atoms with van der Waals surface area (Å²) in [7, 11) is -2.08. The maximum atomic E-state index is 12.1. The number of aryl methyl sites for hydroxylation is 1. The second-order valence-electron chi connectivity index (χ2n) is 4.87. The average Bonchev–Trinajstić information content (AvgIpc) is 2.84. The molecule has 0 aliphatic heterocycles. The molecule has 1 rings (SSSR count). The van der Waals surface area contributed by atoms with Gasteiger partial charge in [0.25, 0.3) is 0 Å². The fraction of sp³-hybridized carbons (Fsp3) is 0.615. The van der Waals surface area contributed by atoms with Crippen molar-refractivity contribution in [2.45, 2.75) is 37.8 Å². The van der Waals surface area contributed by atoms with Crippen LogP contribution >= 0.6 is 0 Å². The third-order valence-corrected chi connectivity index (χ3v) is 4.50. The van der Waals surface area contributed by atoms with Crippen LogP contribution in [0.1, 0.15) is 20.3 Å². The normalized spacial score (nSPS) is 12.0. The SMILES string of the molecule is C#CCN(C)S(=O)(=O)c1cnn(CCCNC(C)C)c1. The fourth-order valence-electron chi connectivity index (χ4n) is 1.63. The highest BCUT2D eigenvalue weighted by Crippen LogP contribution is 2.12. The molecule has 112 valence electrons. The largest absolute Gasteiger partial charge is 0.314 e. The number of hydrogen-bond donors (Lipinski definition) is 1. The van der Waals surface area contributed by atoms with E-state index in [0.29, 0.717) is 12.6 Å². The van der Waals surface area contributed by atoms with E-state index in [1.807, 2.05) is 0 Å². The number of nitrogens with one attached hydrogen (secondary N) is 1. The van der Waals surface area contributed by atoms with Crippen molar-refractivity contribution in [3.8, 4) is 12.3 Å². The Morgan fingerprint density at radius 1 is 1.55 bits per heavy atom. The van der Waals surface area contributed by atoms with Crippen LogP contribution in [-0.4, -0.2) is 48.7 Å². The zero-order chi connectivity index (χ0) is 15.2. The lowest BCUT2D eigenvalue weighted by Gasteiger charge is -2.12. The predicted octanol–water partition coefficient (Wildman–Crippen LogP) is 0.525. The van der Waals surface area contributed by atoms with Crippen molar-refractivity contribution in [3.63, 3.8) is 0 Å². The van der Waals surface area contributed by atoms with Crippen molar-refractivity contribution < 1.29 is 8.42 Å². The van der Waals surface area contributed by atoms with Gasteiger partial charge in [0.1, 0.15) is 4.90 Å². The van der Waals surface area contributed by atoms with Crippen molar-refractivity contribution >= 4 is 10.0 Å². The molecule has 0 aromatic carbocycles. The van der Waals surface area contributed by atoms with Gasteiger partial charge in [-0.05, 0) is 13.0 Å². The molecule has 0 aliphatic carbocycles. The van der Waals surface area contributed by atoms with Gasteiger partial charge in [-0.15, -0.1) is 6.42 Å². The Morgan fingerprint density at radius 3 is 2.85 bits per heavy atom. The Morgan fingerprint density at radius 2 is 2.25 bits per heavy atom. The van der Waals surface area contributed by atoms with Crippen LogP contribution in [0, 0.1) is 12.3 Å². The molecule has 0 atom stereocenters. The first-order chi connectivity index (χ1) is 9.37. The molecule has 1 heterocycles. The molecule has 0 bridgehead atoms. The van der Waals surface area contributed by atoms with Crippen molar-refractivity contribution in [2.24, 2.45) is 0 Å². The number of sulfonamides is 1. The number of hydrogen-bond acceptors (Lipinski definition) is 4. The predicted molar refractivity (Wildman–Crippen MR) is 78.6 cm³/mol. The standard InChI is InChI=1S/C13H22N4O2S/c1-5-8-16(4)20(18,19)13-10-15-17(11-13)9-6-7-14-12(2)3/h1,10-12,14H,6-9H2,2-4H3. The van der Waals surface area contributed by atoms with Crippen LogP contribution in [0.25, 0.3) is 0 Å². The molecule has 0 aliphatic rings. The highest BCUT2D eigenvalue weighted by molar-refractivity contribution is 7.89. The van der Waals surface area contributed by atoms with E-state index in [1.54, 1.807) is 4.68 Å². The van der Waals surface area contributed by atoms with Crippen molar-refractivity contribution in [2.75, 3.05) is 20.1 Å². The molecule has 20 heavy (non-hydrogen) atoms. The molecule has 0 radical (unpaired) electrons. The number of aromatic nitrogens is 2. The summed E-state index contributed by atoms with van der Waals surface area (Å²) < 4.78 is 27.0. The average molecular weight is 298 g/mol. The van der Waals surface area contributed by atoms with Crippen LogP contribution in [-0.2, 0) is 16.6 Å². The highest BCUT2D eigenvalue weighted by Gasteiger charge is 2.21. The molecule has 6 nitrogen and oxygen atoms in total. The van der Waals surface area contributed by atoms with Gasteiger partial charge >= 0.3 is 0 Å². The molecular formula is C13H22N4O2S. The summed E-state index contributed by atoms with van der Waals surface area (Å²) in [6, 6.07) is 0.445. The summed E-state index contributed by atoms with van der Waals surface area (Å²) in [6.07, 6.45) is 8.92. The summed E-state index contributed by atoms with van der Waals surface area (Å²) in [5, 5.41) is 7.37. The minimum Gasteiger partial charge on any atom is -0.314 e. The van der Waals surface area contributed by atoms with Crippen LogP contribution in [0.2, 0.25) is 0 Å². The number of rotatable bonds is 8. The molecule has 0 saturated heterocycles. The third kappa shape index (κ3) is 4.63. The van der Waals surface area contributed by atoms with E-state index in [9.17, 15) is 8.42 Å².